The van der Waals surface area contributed by atoms with Crippen molar-refractivity contribution < 1.29 is 14.4 Å². The molecule has 4 amide bonds. The van der Waals surface area contributed by atoms with Gasteiger partial charge in [0.2, 0.25) is 11.8 Å². The Labute approximate surface area is 157 Å². The molecule has 2 atom stereocenters. The van der Waals surface area contributed by atoms with E-state index in [9.17, 15) is 14.4 Å². The molecule has 3 aliphatic rings. The first-order valence-corrected chi connectivity index (χ1v) is 9.30. The summed E-state index contributed by atoms with van der Waals surface area (Å²) in [5.74, 6) is -0.920. The number of imide groups is 2. The van der Waals surface area contributed by atoms with Crippen LogP contribution in [-0.4, -0.2) is 40.9 Å². The third kappa shape index (κ3) is 2.14. The Balaban J connectivity index is 1.91. The number of carbonyl (C=O) groups is 3. The molecule has 2 unspecified atom stereocenters. The van der Waals surface area contributed by atoms with Crippen LogP contribution in [0.5, 0.6) is 0 Å². The quantitative estimate of drug-likeness (QED) is 0.708. The monoisotopic (exact) mass is 375 g/mol. The minimum atomic E-state index is -1.32. The van der Waals surface area contributed by atoms with Crippen LogP contribution >= 0.6 is 11.6 Å². The number of barbiturate groups is 1. The van der Waals surface area contributed by atoms with Gasteiger partial charge in [-0.2, -0.15) is 0 Å². The van der Waals surface area contributed by atoms with Gasteiger partial charge in [0, 0.05) is 29.2 Å². The molecule has 2 saturated heterocycles. The Bertz CT molecular complexity index is 832. The smallest absolute Gasteiger partial charge is 0.331 e. The van der Waals surface area contributed by atoms with Gasteiger partial charge in [-0.15, -0.1) is 0 Å². The number of nitrogens with one attached hydrogen (secondary N) is 1. The second-order valence-electron chi connectivity index (χ2n) is 8.31. The topological polar surface area (TPSA) is 69.7 Å². The molecular weight excluding hydrogens is 354 g/mol. The molecule has 2 fully saturated rings. The molecule has 0 aliphatic carbocycles. The molecular formula is C19H22ClN3O3. The molecule has 1 N–H and O–H groups in total. The van der Waals surface area contributed by atoms with Crippen LogP contribution in [0.3, 0.4) is 0 Å². The van der Waals surface area contributed by atoms with Gasteiger partial charge in [-0.1, -0.05) is 17.7 Å². The predicted octanol–water partition coefficient (Wildman–Crippen LogP) is 2.73. The summed E-state index contributed by atoms with van der Waals surface area (Å²) in [5, 5.41) is 3.00. The van der Waals surface area contributed by atoms with E-state index in [0.29, 0.717) is 5.02 Å². The Morgan fingerprint density at radius 3 is 2.65 bits per heavy atom. The van der Waals surface area contributed by atoms with Crippen LogP contribution < -0.4 is 10.2 Å². The van der Waals surface area contributed by atoms with Gasteiger partial charge in [-0.25, -0.2) is 4.79 Å². The number of carbonyl (C=O) groups excluding carboxylic acids is 3. The van der Waals surface area contributed by atoms with Crippen molar-refractivity contribution in [1.82, 2.24) is 10.2 Å². The summed E-state index contributed by atoms with van der Waals surface area (Å²) in [6.07, 6.45) is 1.84. The molecule has 138 valence electrons. The molecule has 7 heteroatoms. The van der Waals surface area contributed by atoms with Crippen molar-refractivity contribution in [3.63, 3.8) is 0 Å². The highest BCUT2D eigenvalue weighted by molar-refractivity contribution is 6.32. The first kappa shape index (κ1) is 17.3. The zero-order valence-corrected chi connectivity index (χ0v) is 15.9. The summed E-state index contributed by atoms with van der Waals surface area (Å²) in [5.41, 5.74) is -0.251. The van der Waals surface area contributed by atoms with Gasteiger partial charge in [0.15, 0.2) is 5.41 Å². The molecule has 0 radical (unpaired) electrons. The lowest BCUT2D eigenvalue weighted by atomic mass is 9.68. The van der Waals surface area contributed by atoms with E-state index in [1.807, 2.05) is 12.1 Å². The second kappa shape index (κ2) is 5.46. The van der Waals surface area contributed by atoms with E-state index in [0.717, 1.165) is 30.6 Å². The van der Waals surface area contributed by atoms with E-state index in [1.54, 1.807) is 26.8 Å². The van der Waals surface area contributed by atoms with Crippen molar-refractivity contribution >= 4 is 35.1 Å². The summed E-state index contributed by atoms with van der Waals surface area (Å²) in [6, 6.07) is 4.75. The van der Waals surface area contributed by atoms with Gasteiger partial charge >= 0.3 is 6.03 Å². The Morgan fingerprint density at radius 2 is 1.96 bits per heavy atom. The number of amides is 4. The number of anilines is 1. The molecule has 3 heterocycles. The number of hydrogen-bond acceptors (Lipinski definition) is 4. The van der Waals surface area contributed by atoms with E-state index in [4.69, 9.17) is 11.6 Å². The number of halogens is 1. The lowest BCUT2D eigenvalue weighted by Crippen LogP contribution is -2.73. The molecule has 1 aromatic rings. The molecule has 0 saturated carbocycles. The molecule has 6 nitrogen and oxygen atoms in total. The molecule has 4 rings (SSSR count). The fraction of sp³-hybridized carbons (Fsp3) is 0.526. The minimum Gasteiger partial charge on any atom is -0.367 e. The number of hydrogen-bond donors (Lipinski definition) is 1. The van der Waals surface area contributed by atoms with Crippen LogP contribution in [0.25, 0.3) is 0 Å². The van der Waals surface area contributed by atoms with Gasteiger partial charge in [-0.3, -0.25) is 19.8 Å². The van der Waals surface area contributed by atoms with E-state index in [-0.39, 0.29) is 12.5 Å². The number of urea groups is 1. The summed E-state index contributed by atoms with van der Waals surface area (Å²) in [7, 11) is 0. The zero-order chi connectivity index (χ0) is 18.9. The lowest BCUT2D eigenvalue weighted by Gasteiger charge is -2.51. The first-order valence-electron chi connectivity index (χ1n) is 8.92. The molecule has 3 aliphatic heterocycles. The zero-order valence-electron chi connectivity index (χ0n) is 15.1. The van der Waals surface area contributed by atoms with Gasteiger partial charge < -0.3 is 4.90 Å². The highest BCUT2D eigenvalue weighted by Crippen LogP contribution is 2.50. The Hall–Kier alpha value is -2.08. The Morgan fingerprint density at radius 1 is 1.23 bits per heavy atom. The summed E-state index contributed by atoms with van der Waals surface area (Å²) in [4.78, 5) is 42.4. The molecule has 1 spiro atoms. The van der Waals surface area contributed by atoms with Crippen molar-refractivity contribution in [3.05, 3.63) is 28.8 Å². The summed E-state index contributed by atoms with van der Waals surface area (Å²) >= 11 is 6.44. The number of rotatable bonds is 0. The van der Waals surface area contributed by atoms with E-state index >= 15 is 0 Å². The van der Waals surface area contributed by atoms with Crippen molar-refractivity contribution in [2.24, 2.45) is 5.41 Å². The molecule has 1 aromatic carbocycles. The van der Waals surface area contributed by atoms with E-state index in [2.05, 4.69) is 10.2 Å². The van der Waals surface area contributed by atoms with Crippen LogP contribution in [0, 0.1) is 5.41 Å². The SMILES string of the molecule is CC(C)(C)N1C(=O)NC(=O)C2(Cc3c(Cl)cccc3N3CCCC32)C1=O. The van der Waals surface area contributed by atoms with Crippen LogP contribution in [0.15, 0.2) is 18.2 Å². The van der Waals surface area contributed by atoms with Crippen LogP contribution in [0.4, 0.5) is 10.5 Å². The second-order valence-corrected chi connectivity index (χ2v) is 8.71. The minimum absolute atomic E-state index is 0.216. The van der Waals surface area contributed by atoms with Crippen molar-refractivity contribution in [2.75, 3.05) is 11.4 Å². The van der Waals surface area contributed by atoms with Crippen LogP contribution in [-0.2, 0) is 16.0 Å². The Kier molecular flexibility index (Phi) is 3.64. The fourth-order valence-electron chi connectivity index (χ4n) is 4.67. The highest BCUT2D eigenvalue weighted by atomic mass is 35.5. The normalized spacial score (nSPS) is 28.3. The summed E-state index contributed by atoms with van der Waals surface area (Å²) in [6.45, 7) is 6.15. The number of nitrogens with zero attached hydrogens (tertiary/aromatic N) is 2. The third-order valence-corrected chi connectivity index (χ3v) is 6.12. The fourth-order valence-corrected chi connectivity index (χ4v) is 4.90. The largest absolute Gasteiger partial charge is 0.367 e. The molecule has 0 aromatic heterocycles. The standard InChI is InChI=1S/C19H22ClN3O3/c1-18(2,3)23-16(25)19(15(24)21-17(23)26)10-11-12(20)6-4-7-13(11)22-9-5-8-14(19)22/h4,6-7,14H,5,8-10H2,1-3H3,(H,21,24,26). The van der Waals surface area contributed by atoms with E-state index in [1.165, 1.54) is 4.90 Å². The first-order chi connectivity index (χ1) is 12.2. The molecule has 0 bridgehead atoms. The number of benzene rings is 1. The van der Waals surface area contributed by atoms with Gasteiger partial charge in [0.05, 0.1) is 6.04 Å². The maximum atomic E-state index is 13.6. The van der Waals surface area contributed by atoms with Crippen molar-refractivity contribution in [3.8, 4) is 0 Å². The van der Waals surface area contributed by atoms with Crippen molar-refractivity contribution in [2.45, 2.75) is 51.6 Å². The number of fused-ring (bicyclic) bond motifs is 4. The molecule has 26 heavy (non-hydrogen) atoms. The average molecular weight is 376 g/mol. The van der Waals surface area contributed by atoms with Crippen LogP contribution in [0.1, 0.15) is 39.2 Å². The predicted molar refractivity (Wildman–Crippen MR) is 98.1 cm³/mol. The van der Waals surface area contributed by atoms with Gasteiger partial charge in [-0.05, 0) is 51.3 Å². The van der Waals surface area contributed by atoms with E-state index < -0.39 is 28.8 Å². The summed E-state index contributed by atoms with van der Waals surface area (Å²) < 4.78 is 0. The van der Waals surface area contributed by atoms with Gasteiger partial charge in [0.1, 0.15) is 0 Å². The third-order valence-electron chi connectivity index (χ3n) is 5.77. The van der Waals surface area contributed by atoms with Crippen molar-refractivity contribution in [1.29, 1.82) is 0 Å². The van der Waals surface area contributed by atoms with Crippen LogP contribution in [0.2, 0.25) is 5.02 Å². The highest BCUT2D eigenvalue weighted by Gasteiger charge is 2.64. The average Bonchev–Trinajstić information content (AvgIpc) is 3.02. The lowest BCUT2D eigenvalue weighted by molar-refractivity contribution is -0.156. The maximum absolute atomic E-state index is 13.6. The maximum Gasteiger partial charge on any atom is 0.331 e. The van der Waals surface area contributed by atoms with Gasteiger partial charge in [0.25, 0.3) is 0 Å².